The highest BCUT2D eigenvalue weighted by atomic mass is 32.2. The van der Waals surface area contributed by atoms with Crippen LogP contribution in [-0.4, -0.2) is 8.42 Å². The molecule has 0 bridgehead atoms. The Morgan fingerprint density at radius 2 is 1.45 bits per heavy atom. The van der Waals surface area contributed by atoms with E-state index in [4.69, 9.17) is 0 Å². The topological polar surface area (TPSA) is 46.2 Å². The molecular weight excluding hydrogens is 294 g/mol. The second-order valence-electron chi connectivity index (χ2n) is 4.79. The summed E-state index contributed by atoms with van der Waals surface area (Å²) in [6.07, 6.45) is 0. The monoisotopic (exact) mass is 308 g/mol. The first-order valence-corrected chi connectivity index (χ1v) is 8.28. The smallest absolute Gasteiger partial charge is 0.261 e. The van der Waals surface area contributed by atoms with E-state index in [1.54, 1.807) is 48.5 Å². The highest BCUT2D eigenvalue weighted by Crippen LogP contribution is 2.22. The van der Waals surface area contributed by atoms with E-state index >= 15 is 0 Å². The molecule has 0 unspecified atom stereocenters. The van der Waals surface area contributed by atoms with Gasteiger partial charge in [-0.2, -0.15) is 0 Å². The molecule has 0 saturated heterocycles. The minimum Gasteiger partial charge on any atom is -0.280 e. The summed E-state index contributed by atoms with van der Waals surface area (Å²) in [6.45, 7) is 0. The number of hydrogen-bond donors (Lipinski definition) is 1. The third-order valence-electron chi connectivity index (χ3n) is 3.23. The molecule has 1 N–H and O–H groups in total. The van der Waals surface area contributed by atoms with Gasteiger partial charge in [0.2, 0.25) is 0 Å². The van der Waals surface area contributed by atoms with E-state index in [-0.39, 0.29) is 4.90 Å². The van der Waals surface area contributed by atoms with Crippen molar-refractivity contribution < 1.29 is 8.42 Å². The van der Waals surface area contributed by atoms with Gasteiger partial charge in [-0.15, -0.1) is 0 Å². The Morgan fingerprint density at radius 3 is 2.09 bits per heavy atom. The molecule has 1 radical (unpaired) electrons. The van der Waals surface area contributed by atoms with Crippen molar-refractivity contribution in [3.05, 3.63) is 84.9 Å². The van der Waals surface area contributed by atoms with Gasteiger partial charge in [0.1, 0.15) is 0 Å². The average Bonchev–Trinajstić information content (AvgIpc) is 2.56. The van der Waals surface area contributed by atoms with Crippen molar-refractivity contribution in [3.8, 4) is 11.1 Å². The van der Waals surface area contributed by atoms with Gasteiger partial charge in [-0.25, -0.2) is 8.42 Å². The molecule has 3 aromatic carbocycles. The number of benzene rings is 3. The van der Waals surface area contributed by atoms with E-state index < -0.39 is 10.0 Å². The van der Waals surface area contributed by atoms with Gasteiger partial charge in [0, 0.05) is 5.69 Å². The van der Waals surface area contributed by atoms with Crippen LogP contribution in [0.15, 0.2) is 83.8 Å². The van der Waals surface area contributed by atoms with Crippen LogP contribution in [0.2, 0.25) is 0 Å². The van der Waals surface area contributed by atoms with Gasteiger partial charge in [0.15, 0.2) is 0 Å². The SMILES string of the molecule is O=S(=O)(Nc1c[c]ccc1)c1ccc(-c2ccccc2)cc1. The lowest BCUT2D eigenvalue weighted by Gasteiger charge is -2.08. The molecule has 22 heavy (non-hydrogen) atoms. The van der Waals surface area contributed by atoms with E-state index in [1.807, 2.05) is 30.3 Å². The standard InChI is InChI=1S/C18H14NO2S/c20-22(21,19-17-9-5-2-6-10-17)18-13-11-16(12-14-18)15-7-3-1-4-8-15/h1-5,7-14,19H. The number of hydrogen-bond acceptors (Lipinski definition) is 2. The molecule has 0 aliphatic heterocycles. The lowest BCUT2D eigenvalue weighted by Crippen LogP contribution is -2.12. The van der Waals surface area contributed by atoms with Crippen molar-refractivity contribution in [2.45, 2.75) is 4.90 Å². The highest BCUT2D eigenvalue weighted by Gasteiger charge is 2.13. The maximum absolute atomic E-state index is 12.3. The Morgan fingerprint density at radius 1 is 0.773 bits per heavy atom. The molecule has 0 heterocycles. The summed E-state index contributed by atoms with van der Waals surface area (Å²) in [4.78, 5) is 0.232. The van der Waals surface area contributed by atoms with Crippen molar-refractivity contribution in [2.75, 3.05) is 4.72 Å². The average molecular weight is 308 g/mol. The highest BCUT2D eigenvalue weighted by molar-refractivity contribution is 7.92. The fourth-order valence-corrected chi connectivity index (χ4v) is 3.18. The minimum atomic E-state index is -3.58. The maximum atomic E-state index is 12.3. The minimum absolute atomic E-state index is 0.232. The van der Waals surface area contributed by atoms with E-state index in [2.05, 4.69) is 10.8 Å². The maximum Gasteiger partial charge on any atom is 0.261 e. The van der Waals surface area contributed by atoms with Gasteiger partial charge < -0.3 is 0 Å². The summed E-state index contributed by atoms with van der Waals surface area (Å²) in [6, 6.07) is 26.2. The predicted molar refractivity (Wildman–Crippen MR) is 88.0 cm³/mol. The van der Waals surface area contributed by atoms with Gasteiger partial charge in [0.05, 0.1) is 4.90 Å². The van der Waals surface area contributed by atoms with Crippen molar-refractivity contribution in [2.24, 2.45) is 0 Å². The normalized spacial score (nSPS) is 11.1. The zero-order valence-corrected chi connectivity index (χ0v) is 12.5. The Balaban J connectivity index is 1.86. The van der Waals surface area contributed by atoms with E-state index in [0.717, 1.165) is 11.1 Å². The molecule has 3 rings (SSSR count). The number of sulfonamides is 1. The molecule has 0 saturated carbocycles. The zero-order valence-electron chi connectivity index (χ0n) is 11.7. The van der Waals surface area contributed by atoms with Crippen LogP contribution in [0.25, 0.3) is 11.1 Å². The molecule has 0 fully saturated rings. The number of nitrogens with one attached hydrogen (secondary N) is 1. The summed E-state index contributed by atoms with van der Waals surface area (Å²) in [5.74, 6) is 0. The predicted octanol–water partition coefficient (Wildman–Crippen LogP) is 3.95. The molecule has 3 aromatic rings. The zero-order chi connectivity index (χ0) is 15.4. The van der Waals surface area contributed by atoms with Crippen LogP contribution in [0, 0.1) is 6.07 Å². The van der Waals surface area contributed by atoms with Gasteiger partial charge in [-0.1, -0.05) is 54.6 Å². The van der Waals surface area contributed by atoms with Crippen LogP contribution >= 0.6 is 0 Å². The van der Waals surface area contributed by atoms with Crippen LogP contribution < -0.4 is 4.72 Å². The quantitative estimate of drug-likeness (QED) is 0.793. The lowest BCUT2D eigenvalue weighted by atomic mass is 10.1. The number of anilines is 1. The largest absolute Gasteiger partial charge is 0.280 e. The van der Waals surface area contributed by atoms with Crippen LogP contribution in [0.4, 0.5) is 5.69 Å². The fourth-order valence-electron chi connectivity index (χ4n) is 2.13. The molecule has 3 nitrogen and oxygen atoms in total. The first-order valence-electron chi connectivity index (χ1n) is 6.79. The Bertz CT molecular complexity index is 843. The third kappa shape index (κ3) is 3.18. The first-order chi connectivity index (χ1) is 10.6. The van der Waals surface area contributed by atoms with Gasteiger partial charge >= 0.3 is 0 Å². The van der Waals surface area contributed by atoms with Crippen molar-refractivity contribution >= 4 is 15.7 Å². The van der Waals surface area contributed by atoms with Crippen molar-refractivity contribution in [1.82, 2.24) is 0 Å². The molecule has 0 atom stereocenters. The van der Waals surface area contributed by atoms with Gasteiger partial charge in [0.25, 0.3) is 10.0 Å². The second-order valence-corrected chi connectivity index (χ2v) is 6.47. The Kier molecular flexibility index (Phi) is 3.94. The van der Waals surface area contributed by atoms with Crippen LogP contribution in [-0.2, 0) is 10.0 Å². The lowest BCUT2D eigenvalue weighted by molar-refractivity contribution is 0.601. The third-order valence-corrected chi connectivity index (χ3v) is 4.63. The molecule has 0 amide bonds. The van der Waals surface area contributed by atoms with E-state index in [0.29, 0.717) is 5.69 Å². The van der Waals surface area contributed by atoms with Crippen molar-refractivity contribution in [3.63, 3.8) is 0 Å². The van der Waals surface area contributed by atoms with Crippen LogP contribution in [0.3, 0.4) is 0 Å². The summed E-state index contributed by atoms with van der Waals surface area (Å²) in [7, 11) is -3.58. The Labute approximate surface area is 130 Å². The summed E-state index contributed by atoms with van der Waals surface area (Å²) < 4.78 is 27.2. The van der Waals surface area contributed by atoms with E-state index in [9.17, 15) is 8.42 Å². The van der Waals surface area contributed by atoms with E-state index in [1.165, 1.54) is 0 Å². The molecule has 0 aliphatic rings. The second kappa shape index (κ2) is 6.03. The molecule has 0 aromatic heterocycles. The molecular formula is C18H14NO2S. The molecule has 109 valence electrons. The molecule has 0 spiro atoms. The first kappa shape index (κ1) is 14.4. The number of rotatable bonds is 4. The van der Waals surface area contributed by atoms with Crippen LogP contribution in [0.5, 0.6) is 0 Å². The molecule has 4 heteroatoms. The summed E-state index contributed by atoms with van der Waals surface area (Å²) in [5.41, 5.74) is 2.53. The fraction of sp³-hybridized carbons (Fsp3) is 0. The Hall–Kier alpha value is -2.59. The molecule has 0 aliphatic carbocycles. The van der Waals surface area contributed by atoms with Gasteiger partial charge in [-0.05, 0) is 41.5 Å². The summed E-state index contributed by atoms with van der Waals surface area (Å²) >= 11 is 0. The summed E-state index contributed by atoms with van der Waals surface area (Å²) in [5, 5.41) is 0. The van der Waals surface area contributed by atoms with Gasteiger partial charge in [-0.3, -0.25) is 4.72 Å². The van der Waals surface area contributed by atoms with Crippen LogP contribution in [0.1, 0.15) is 0 Å². The van der Waals surface area contributed by atoms with Crippen molar-refractivity contribution in [1.29, 1.82) is 0 Å².